The van der Waals surface area contributed by atoms with Gasteiger partial charge in [0.05, 0.1) is 0 Å². The molecule has 236 valence electrons. The summed E-state index contributed by atoms with van der Waals surface area (Å²) < 4.78 is 0. The average Bonchev–Trinajstić information content (AvgIpc) is 3.40. The fraction of sp³-hybridized carbons (Fsp3) is 0.0612. The highest BCUT2D eigenvalue weighted by Crippen LogP contribution is 2.51. The first-order chi connectivity index (χ1) is 24.5. The van der Waals surface area contributed by atoms with Crippen LogP contribution in [0.5, 0.6) is 0 Å². The van der Waals surface area contributed by atoms with E-state index in [1.807, 2.05) is 0 Å². The van der Waals surface area contributed by atoms with Gasteiger partial charge in [-0.25, -0.2) is 0 Å². The van der Waals surface area contributed by atoms with Crippen molar-refractivity contribution >= 4 is 60.2 Å². The van der Waals surface area contributed by atoms with Crippen molar-refractivity contribution in [3.05, 3.63) is 187 Å². The highest BCUT2D eigenvalue weighted by molar-refractivity contribution is 6.17. The standard InChI is InChI=1S/C49H35N/c1-49(2)47-17-8-7-15-45(47)46-29-25-38(31-48(46)49)50(36-22-18-34(19-23-36)40-16-9-12-32-10-3-5-13-39(32)40)37-24-28-42-35(30-37)21-27-43-41-14-6-4-11-33(41)20-26-44(42)43/h3-31H,1-2H3. The van der Waals surface area contributed by atoms with E-state index in [1.165, 1.54) is 76.5 Å². The molecule has 0 radical (unpaired) electrons. The largest absolute Gasteiger partial charge is 0.310 e. The van der Waals surface area contributed by atoms with Gasteiger partial charge in [-0.2, -0.15) is 0 Å². The van der Waals surface area contributed by atoms with Crippen molar-refractivity contribution < 1.29 is 0 Å². The van der Waals surface area contributed by atoms with Gasteiger partial charge in [0, 0.05) is 22.5 Å². The van der Waals surface area contributed by atoms with Crippen LogP contribution in [-0.2, 0) is 5.41 Å². The van der Waals surface area contributed by atoms with E-state index in [1.54, 1.807) is 0 Å². The van der Waals surface area contributed by atoms with Crippen molar-refractivity contribution in [3.8, 4) is 22.3 Å². The van der Waals surface area contributed by atoms with E-state index < -0.39 is 0 Å². The second-order valence-corrected chi connectivity index (χ2v) is 14.2. The summed E-state index contributed by atoms with van der Waals surface area (Å²) >= 11 is 0. The van der Waals surface area contributed by atoms with Crippen LogP contribution in [-0.4, -0.2) is 0 Å². The number of hydrogen-bond acceptors (Lipinski definition) is 1. The van der Waals surface area contributed by atoms with Gasteiger partial charge in [0.25, 0.3) is 0 Å². The van der Waals surface area contributed by atoms with E-state index >= 15 is 0 Å². The summed E-state index contributed by atoms with van der Waals surface area (Å²) in [5.41, 5.74) is 11.3. The van der Waals surface area contributed by atoms with Crippen molar-refractivity contribution in [1.82, 2.24) is 0 Å². The van der Waals surface area contributed by atoms with Gasteiger partial charge in [-0.05, 0) is 113 Å². The van der Waals surface area contributed by atoms with Crippen LogP contribution in [0.15, 0.2) is 176 Å². The summed E-state index contributed by atoms with van der Waals surface area (Å²) in [7, 11) is 0. The highest BCUT2D eigenvalue weighted by Gasteiger charge is 2.35. The third kappa shape index (κ3) is 4.33. The lowest BCUT2D eigenvalue weighted by atomic mass is 9.82. The molecule has 1 aliphatic rings. The van der Waals surface area contributed by atoms with E-state index in [0.717, 1.165) is 17.1 Å². The molecule has 9 aromatic rings. The lowest BCUT2D eigenvalue weighted by Gasteiger charge is -2.28. The monoisotopic (exact) mass is 637 g/mol. The zero-order chi connectivity index (χ0) is 33.4. The van der Waals surface area contributed by atoms with Crippen LogP contribution < -0.4 is 4.90 Å². The van der Waals surface area contributed by atoms with Crippen LogP contribution in [0.1, 0.15) is 25.0 Å². The lowest BCUT2D eigenvalue weighted by Crippen LogP contribution is -2.16. The van der Waals surface area contributed by atoms with Crippen LogP contribution >= 0.6 is 0 Å². The molecule has 1 aliphatic carbocycles. The van der Waals surface area contributed by atoms with E-state index in [9.17, 15) is 0 Å². The molecule has 0 saturated carbocycles. The quantitative estimate of drug-likeness (QED) is 0.174. The second-order valence-electron chi connectivity index (χ2n) is 14.2. The number of rotatable bonds is 4. The van der Waals surface area contributed by atoms with Gasteiger partial charge < -0.3 is 4.90 Å². The Hall–Kier alpha value is -6.18. The first-order valence-corrected chi connectivity index (χ1v) is 17.5. The molecule has 0 aliphatic heterocycles. The third-order valence-corrected chi connectivity index (χ3v) is 11.0. The molecule has 0 atom stereocenters. The fourth-order valence-electron chi connectivity index (χ4n) is 8.50. The molecule has 0 N–H and O–H groups in total. The van der Waals surface area contributed by atoms with Gasteiger partial charge >= 0.3 is 0 Å². The van der Waals surface area contributed by atoms with E-state index in [2.05, 4.69) is 195 Å². The Morgan fingerprint density at radius 3 is 1.70 bits per heavy atom. The van der Waals surface area contributed by atoms with Gasteiger partial charge in [-0.15, -0.1) is 0 Å². The molecule has 10 rings (SSSR count). The van der Waals surface area contributed by atoms with Gasteiger partial charge in [0.1, 0.15) is 0 Å². The molecule has 0 aromatic heterocycles. The Labute approximate surface area is 292 Å². The average molecular weight is 638 g/mol. The zero-order valence-corrected chi connectivity index (χ0v) is 28.2. The number of fused-ring (bicyclic) bond motifs is 9. The minimum Gasteiger partial charge on any atom is -0.310 e. The van der Waals surface area contributed by atoms with Crippen molar-refractivity contribution in [2.24, 2.45) is 0 Å². The molecule has 0 fully saturated rings. The first-order valence-electron chi connectivity index (χ1n) is 17.5. The molecule has 50 heavy (non-hydrogen) atoms. The molecular formula is C49H35N. The number of anilines is 3. The summed E-state index contributed by atoms with van der Waals surface area (Å²) in [5, 5.41) is 10.2. The van der Waals surface area contributed by atoms with E-state index in [4.69, 9.17) is 0 Å². The molecule has 0 heterocycles. The third-order valence-electron chi connectivity index (χ3n) is 11.0. The maximum atomic E-state index is 2.43. The van der Waals surface area contributed by atoms with Gasteiger partial charge in [-0.3, -0.25) is 0 Å². The summed E-state index contributed by atoms with van der Waals surface area (Å²) in [5.74, 6) is 0. The lowest BCUT2D eigenvalue weighted by molar-refractivity contribution is 0.660. The number of nitrogens with zero attached hydrogens (tertiary/aromatic N) is 1. The van der Waals surface area contributed by atoms with Crippen LogP contribution in [0, 0.1) is 0 Å². The Bertz CT molecular complexity index is 2780. The van der Waals surface area contributed by atoms with Gasteiger partial charge in [0.15, 0.2) is 0 Å². The predicted molar refractivity (Wildman–Crippen MR) is 214 cm³/mol. The number of benzene rings is 9. The van der Waals surface area contributed by atoms with Crippen LogP contribution in [0.3, 0.4) is 0 Å². The zero-order valence-electron chi connectivity index (χ0n) is 28.2. The Morgan fingerprint density at radius 2 is 0.880 bits per heavy atom. The fourth-order valence-corrected chi connectivity index (χ4v) is 8.50. The van der Waals surface area contributed by atoms with E-state index in [-0.39, 0.29) is 5.41 Å². The minimum atomic E-state index is -0.0864. The molecule has 0 unspecified atom stereocenters. The molecule has 0 saturated heterocycles. The number of hydrogen-bond donors (Lipinski definition) is 0. The highest BCUT2D eigenvalue weighted by atomic mass is 15.1. The van der Waals surface area contributed by atoms with Crippen molar-refractivity contribution in [2.45, 2.75) is 19.3 Å². The SMILES string of the molecule is CC1(C)c2ccccc2-c2ccc(N(c3ccc(-c4cccc5ccccc45)cc3)c3ccc4c(ccc5c6ccccc6ccc45)c3)cc21. The molecule has 1 nitrogen and oxygen atoms in total. The van der Waals surface area contributed by atoms with Crippen LogP contribution in [0.25, 0.3) is 65.3 Å². The Kier molecular flexibility index (Phi) is 6.29. The van der Waals surface area contributed by atoms with Crippen LogP contribution in [0.2, 0.25) is 0 Å². The molecule has 0 amide bonds. The first kappa shape index (κ1) is 28.8. The van der Waals surface area contributed by atoms with Crippen molar-refractivity contribution in [1.29, 1.82) is 0 Å². The molecule has 0 spiro atoms. The van der Waals surface area contributed by atoms with Gasteiger partial charge in [-0.1, -0.05) is 153 Å². The topological polar surface area (TPSA) is 3.24 Å². The van der Waals surface area contributed by atoms with Crippen molar-refractivity contribution in [2.75, 3.05) is 4.90 Å². The van der Waals surface area contributed by atoms with Crippen molar-refractivity contribution in [3.63, 3.8) is 0 Å². The smallest absolute Gasteiger partial charge is 0.0468 e. The molecule has 9 aromatic carbocycles. The summed E-state index contributed by atoms with van der Waals surface area (Å²) in [6, 6.07) is 65.0. The Balaban J connectivity index is 1.14. The Morgan fingerprint density at radius 1 is 0.340 bits per heavy atom. The summed E-state index contributed by atoms with van der Waals surface area (Å²) in [4.78, 5) is 2.43. The molecule has 1 heteroatoms. The second kappa shape index (κ2) is 10.9. The van der Waals surface area contributed by atoms with Crippen LogP contribution in [0.4, 0.5) is 17.1 Å². The normalized spacial score (nSPS) is 13.2. The summed E-state index contributed by atoms with van der Waals surface area (Å²) in [6.07, 6.45) is 0. The predicted octanol–water partition coefficient (Wildman–Crippen LogP) is 13.7. The summed E-state index contributed by atoms with van der Waals surface area (Å²) in [6.45, 7) is 4.71. The van der Waals surface area contributed by atoms with E-state index in [0.29, 0.717) is 0 Å². The maximum absolute atomic E-state index is 2.43. The maximum Gasteiger partial charge on any atom is 0.0468 e. The molecular weight excluding hydrogens is 603 g/mol. The molecule has 0 bridgehead atoms. The van der Waals surface area contributed by atoms with Gasteiger partial charge in [0.2, 0.25) is 0 Å². The minimum absolute atomic E-state index is 0.0864.